The van der Waals surface area contributed by atoms with Crippen molar-refractivity contribution in [3.8, 4) is 11.3 Å². The van der Waals surface area contributed by atoms with E-state index in [0.29, 0.717) is 12.6 Å². The van der Waals surface area contributed by atoms with Gasteiger partial charge in [-0.05, 0) is 55.7 Å². The summed E-state index contributed by atoms with van der Waals surface area (Å²) < 4.78 is 15.6. The van der Waals surface area contributed by atoms with Gasteiger partial charge in [0.1, 0.15) is 17.3 Å². The Kier molecular flexibility index (Phi) is 7.30. The van der Waals surface area contributed by atoms with Crippen molar-refractivity contribution in [2.75, 3.05) is 49.6 Å². The molecule has 210 valence electrons. The third kappa shape index (κ3) is 5.21. The summed E-state index contributed by atoms with van der Waals surface area (Å²) in [5, 5.41) is 8.57. The van der Waals surface area contributed by atoms with Gasteiger partial charge in [0.15, 0.2) is 11.0 Å². The SMILES string of the molecule is CCc1nc2ccc(N3CCN(C/C(=N/N)N(N)C4CC4)CC3)cn2c1N(C)c1nc(-c2ccc(F)cc2)cs1. The number of hydrazone groups is 1. The van der Waals surface area contributed by atoms with Gasteiger partial charge < -0.3 is 15.6 Å². The first-order valence-corrected chi connectivity index (χ1v) is 14.6. The number of anilines is 3. The molecule has 0 unspecified atom stereocenters. The van der Waals surface area contributed by atoms with E-state index in [9.17, 15) is 4.39 Å². The molecule has 1 aliphatic heterocycles. The summed E-state index contributed by atoms with van der Waals surface area (Å²) in [7, 11) is 2.03. The first kappa shape index (κ1) is 26.5. The average Bonchev–Trinajstić information content (AvgIpc) is 3.60. The Balaban J connectivity index is 1.20. The fourth-order valence-electron chi connectivity index (χ4n) is 5.23. The number of nitrogens with zero attached hydrogens (tertiary/aromatic N) is 8. The highest BCUT2D eigenvalue weighted by Crippen LogP contribution is 2.34. The van der Waals surface area contributed by atoms with E-state index >= 15 is 0 Å². The number of fused-ring (bicyclic) bond motifs is 1. The number of piperazine rings is 1. The van der Waals surface area contributed by atoms with Crippen LogP contribution in [0.3, 0.4) is 0 Å². The van der Waals surface area contributed by atoms with E-state index in [1.165, 1.54) is 12.1 Å². The van der Waals surface area contributed by atoms with E-state index in [2.05, 4.69) is 49.5 Å². The van der Waals surface area contributed by atoms with Crippen molar-refractivity contribution in [2.45, 2.75) is 32.2 Å². The molecule has 10 nitrogen and oxygen atoms in total. The molecule has 12 heteroatoms. The minimum Gasteiger partial charge on any atom is -0.368 e. The van der Waals surface area contributed by atoms with Crippen LogP contribution in [-0.2, 0) is 6.42 Å². The van der Waals surface area contributed by atoms with Crippen LogP contribution in [0.5, 0.6) is 0 Å². The van der Waals surface area contributed by atoms with Gasteiger partial charge >= 0.3 is 0 Å². The number of pyridine rings is 1. The number of aryl methyl sites for hydroxylation is 1. The zero-order chi connectivity index (χ0) is 27.8. The third-order valence-corrected chi connectivity index (χ3v) is 8.63. The van der Waals surface area contributed by atoms with Crippen LogP contribution in [-0.4, -0.2) is 75.9 Å². The molecule has 3 aromatic heterocycles. The summed E-state index contributed by atoms with van der Waals surface area (Å²) in [6.45, 7) is 6.38. The van der Waals surface area contributed by atoms with Crippen molar-refractivity contribution in [3.05, 3.63) is 59.5 Å². The second kappa shape index (κ2) is 11.0. The lowest BCUT2D eigenvalue weighted by molar-refractivity contribution is 0.276. The molecule has 1 aliphatic carbocycles. The minimum absolute atomic E-state index is 0.253. The quantitative estimate of drug-likeness (QED) is 0.145. The lowest BCUT2D eigenvalue weighted by atomic mass is 10.2. The van der Waals surface area contributed by atoms with Gasteiger partial charge in [0, 0.05) is 56.4 Å². The van der Waals surface area contributed by atoms with Crippen molar-refractivity contribution in [2.24, 2.45) is 16.8 Å². The topological polar surface area (TPSA) is 108 Å². The minimum atomic E-state index is -0.253. The smallest absolute Gasteiger partial charge is 0.191 e. The summed E-state index contributed by atoms with van der Waals surface area (Å²) in [5.74, 6) is 13.4. The van der Waals surface area contributed by atoms with E-state index in [-0.39, 0.29) is 5.82 Å². The number of amidine groups is 1. The molecular weight excluding hydrogens is 527 g/mol. The maximum absolute atomic E-state index is 13.4. The molecule has 4 N–H and O–H groups in total. The lowest BCUT2D eigenvalue weighted by Crippen LogP contribution is -2.52. The first-order valence-electron chi connectivity index (χ1n) is 13.7. The molecule has 0 amide bonds. The van der Waals surface area contributed by atoms with Crippen LogP contribution in [0.25, 0.3) is 16.9 Å². The number of imidazole rings is 1. The van der Waals surface area contributed by atoms with Gasteiger partial charge in [-0.3, -0.25) is 14.3 Å². The van der Waals surface area contributed by atoms with E-state index < -0.39 is 0 Å². The molecule has 4 heterocycles. The number of hydrogen-bond donors (Lipinski definition) is 2. The Morgan fingerprint density at radius 1 is 1.10 bits per heavy atom. The summed E-state index contributed by atoms with van der Waals surface area (Å²) >= 11 is 1.56. The van der Waals surface area contributed by atoms with Gasteiger partial charge in [-0.15, -0.1) is 11.3 Å². The first-order chi connectivity index (χ1) is 19.4. The maximum atomic E-state index is 13.4. The highest BCUT2D eigenvalue weighted by atomic mass is 32.1. The van der Waals surface area contributed by atoms with Gasteiger partial charge in [-0.25, -0.2) is 20.2 Å². The van der Waals surface area contributed by atoms with Crippen LogP contribution in [0.2, 0.25) is 0 Å². The van der Waals surface area contributed by atoms with E-state index in [0.717, 1.165) is 90.5 Å². The van der Waals surface area contributed by atoms with Crippen LogP contribution in [0.15, 0.2) is 53.1 Å². The van der Waals surface area contributed by atoms with E-state index in [1.807, 2.05) is 12.4 Å². The summed E-state index contributed by atoms with van der Waals surface area (Å²) in [5.41, 5.74) is 4.79. The predicted molar refractivity (Wildman–Crippen MR) is 159 cm³/mol. The van der Waals surface area contributed by atoms with Crippen LogP contribution in [0, 0.1) is 5.82 Å². The third-order valence-electron chi connectivity index (χ3n) is 7.71. The number of rotatable bonds is 8. The lowest BCUT2D eigenvalue weighted by Gasteiger charge is -2.37. The number of thiazole rings is 1. The van der Waals surface area contributed by atoms with Gasteiger partial charge in [0.05, 0.1) is 23.6 Å². The Bertz CT molecular complexity index is 1500. The Morgan fingerprint density at radius 2 is 1.85 bits per heavy atom. The molecule has 4 aromatic rings. The predicted octanol–water partition coefficient (Wildman–Crippen LogP) is 3.66. The Hall–Kier alpha value is -3.74. The highest BCUT2D eigenvalue weighted by Gasteiger charge is 2.31. The van der Waals surface area contributed by atoms with Crippen molar-refractivity contribution in [1.29, 1.82) is 0 Å². The number of hydrazine groups is 1. The largest absolute Gasteiger partial charge is 0.368 e. The van der Waals surface area contributed by atoms with Gasteiger partial charge in [0.25, 0.3) is 0 Å². The zero-order valence-electron chi connectivity index (χ0n) is 22.9. The molecule has 0 radical (unpaired) electrons. The zero-order valence-corrected chi connectivity index (χ0v) is 23.7. The molecular formula is C28H35FN10S. The number of aromatic nitrogens is 3. The summed E-state index contributed by atoms with van der Waals surface area (Å²) in [4.78, 5) is 16.6. The molecule has 2 aliphatic rings. The average molecular weight is 563 g/mol. The van der Waals surface area contributed by atoms with Crippen molar-refractivity contribution < 1.29 is 4.39 Å². The van der Waals surface area contributed by atoms with Crippen LogP contribution in [0.1, 0.15) is 25.5 Å². The Morgan fingerprint density at radius 3 is 2.52 bits per heavy atom. The van der Waals surface area contributed by atoms with Crippen molar-refractivity contribution >= 4 is 39.5 Å². The summed E-state index contributed by atoms with van der Waals surface area (Å²) in [6.07, 6.45) is 5.19. The Labute approximate surface area is 237 Å². The maximum Gasteiger partial charge on any atom is 0.191 e. The number of nitrogens with two attached hydrogens (primary N) is 2. The molecule has 0 spiro atoms. The fourth-order valence-corrected chi connectivity index (χ4v) is 6.03. The fraction of sp³-hybridized carbons (Fsp3) is 0.393. The number of hydrogen-bond acceptors (Lipinski definition) is 9. The molecule has 0 atom stereocenters. The molecule has 1 aromatic carbocycles. The molecule has 1 saturated carbocycles. The van der Waals surface area contributed by atoms with Crippen LogP contribution in [0.4, 0.5) is 21.0 Å². The second-order valence-electron chi connectivity index (χ2n) is 10.4. The molecule has 40 heavy (non-hydrogen) atoms. The molecule has 1 saturated heterocycles. The van der Waals surface area contributed by atoms with Gasteiger partial charge in [0.2, 0.25) is 0 Å². The summed E-state index contributed by atoms with van der Waals surface area (Å²) in [6, 6.07) is 11.1. The van der Waals surface area contributed by atoms with E-state index in [1.54, 1.807) is 28.5 Å². The van der Waals surface area contributed by atoms with E-state index in [4.69, 9.17) is 21.7 Å². The number of benzene rings is 1. The van der Waals surface area contributed by atoms with Crippen molar-refractivity contribution in [1.82, 2.24) is 24.3 Å². The monoisotopic (exact) mass is 562 g/mol. The molecule has 6 rings (SSSR count). The second-order valence-corrected chi connectivity index (χ2v) is 11.2. The molecule has 2 fully saturated rings. The standard InChI is InChI=1S/C28H35FN10S/c1-3-23-27(35(2)28-33-24(18-40-28)19-4-6-20(29)7-5-19)38-16-22(10-11-25(38)32-23)37-14-12-36(13-15-37)17-26(34-30)39(31)21-8-9-21/h4-7,10-11,16,18,21H,3,8-9,12-15,17,30-31H2,1-2H3/b34-26-. The highest BCUT2D eigenvalue weighted by molar-refractivity contribution is 7.14. The van der Waals surface area contributed by atoms with Gasteiger partial charge in [-0.2, -0.15) is 5.10 Å². The number of halogens is 1. The van der Waals surface area contributed by atoms with Crippen molar-refractivity contribution in [3.63, 3.8) is 0 Å². The normalized spacial score (nSPS) is 16.6. The van der Waals surface area contributed by atoms with Crippen LogP contribution >= 0.6 is 11.3 Å². The van der Waals surface area contributed by atoms with Crippen LogP contribution < -0.4 is 21.5 Å². The molecule has 0 bridgehead atoms. The van der Waals surface area contributed by atoms with Gasteiger partial charge in [-0.1, -0.05) is 6.92 Å².